The second kappa shape index (κ2) is 5.60. The summed E-state index contributed by atoms with van der Waals surface area (Å²) in [5.41, 5.74) is 0. The molecule has 1 unspecified atom stereocenters. The van der Waals surface area contributed by atoms with E-state index in [0.29, 0.717) is 12.8 Å². The van der Waals surface area contributed by atoms with E-state index in [2.05, 4.69) is 10.3 Å². The maximum absolute atomic E-state index is 13.1. The predicted molar refractivity (Wildman–Crippen MR) is 53.6 cm³/mol. The minimum Gasteiger partial charge on any atom is -0.396 e. The highest BCUT2D eigenvalue weighted by atomic mass is 19.1. The number of nitrogens with one attached hydrogen (secondary N) is 1. The van der Waals surface area contributed by atoms with E-state index in [-0.39, 0.29) is 18.5 Å². The first kappa shape index (κ1) is 11.8. The van der Waals surface area contributed by atoms with Crippen LogP contribution in [-0.4, -0.2) is 22.7 Å². The summed E-state index contributed by atoms with van der Waals surface area (Å²) in [6.45, 7) is 1.95. The highest BCUT2D eigenvalue weighted by Gasteiger charge is 2.08. The van der Waals surface area contributed by atoms with Crippen LogP contribution in [0, 0.1) is 11.6 Å². The third-order valence-corrected chi connectivity index (χ3v) is 1.99. The van der Waals surface area contributed by atoms with Crippen LogP contribution in [0.3, 0.4) is 0 Å². The maximum atomic E-state index is 13.1. The molecule has 0 radical (unpaired) electrons. The SMILES string of the molecule is CC(CCCO)Nc1ncc(F)cc1F. The molecule has 3 nitrogen and oxygen atoms in total. The van der Waals surface area contributed by atoms with Crippen LogP contribution in [0.15, 0.2) is 12.3 Å². The molecule has 1 aromatic rings. The largest absolute Gasteiger partial charge is 0.396 e. The van der Waals surface area contributed by atoms with Gasteiger partial charge >= 0.3 is 0 Å². The maximum Gasteiger partial charge on any atom is 0.168 e. The third kappa shape index (κ3) is 3.79. The van der Waals surface area contributed by atoms with Crippen molar-refractivity contribution in [2.24, 2.45) is 0 Å². The first-order valence-electron chi connectivity index (χ1n) is 4.82. The summed E-state index contributed by atoms with van der Waals surface area (Å²) in [7, 11) is 0. The Balaban J connectivity index is 2.56. The summed E-state index contributed by atoms with van der Waals surface area (Å²) in [6, 6.07) is 0.776. The lowest BCUT2D eigenvalue weighted by Gasteiger charge is -2.13. The Hall–Kier alpha value is -1.23. The molecule has 1 heterocycles. The molecular formula is C10H14F2N2O. The van der Waals surface area contributed by atoms with Crippen molar-refractivity contribution in [1.82, 2.24) is 4.98 Å². The topological polar surface area (TPSA) is 45.1 Å². The number of rotatable bonds is 5. The van der Waals surface area contributed by atoms with Gasteiger partial charge in [-0.2, -0.15) is 0 Å². The Morgan fingerprint density at radius 3 is 2.87 bits per heavy atom. The molecule has 0 fully saturated rings. The number of anilines is 1. The molecule has 5 heteroatoms. The minimum absolute atomic E-state index is 0.00962. The lowest BCUT2D eigenvalue weighted by Crippen LogP contribution is -2.17. The molecule has 0 saturated heterocycles. The summed E-state index contributed by atoms with van der Waals surface area (Å²) >= 11 is 0. The molecule has 0 amide bonds. The second-order valence-corrected chi connectivity index (χ2v) is 3.40. The van der Waals surface area contributed by atoms with E-state index >= 15 is 0 Å². The summed E-state index contributed by atoms with van der Waals surface area (Å²) in [4.78, 5) is 3.60. The van der Waals surface area contributed by atoms with Crippen molar-refractivity contribution in [3.05, 3.63) is 23.9 Å². The molecular weight excluding hydrogens is 202 g/mol. The van der Waals surface area contributed by atoms with Crippen molar-refractivity contribution in [2.45, 2.75) is 25.8 Å². The van der Waals surface area contributed by atoms with Crippen LogP contribution in [-0.2, 0) is 0 Å². The highest BCUT2D eigenvalue weighted by molar-refractivity contribution is 5.36. The van der Waals surface area contributed by atoms with E-state index in [1.807, 2.05) is 6.92 Å². The van der Waals surface area contributed by atoms with Gasteiger partial charge in [0.05, 0.1) is 6.20 Å². The monoisotopic (exact) mass is 216 g/mol. The van der Waals surface area contributed by atoms with Gasteiger partial charge in [-0.05, 0) is 19.8 Å². The number of pyridine rings is 1. The third-order valence-electron chi connectivity index (χ3n) is 1.99. The van der Waals surface area contributed by atoms with Gasteiger partial charge in [-0.3, -0.25) is 0 Å². The number of halogens is 2. The van der Waals surface area contributed by atoms with Gasteiger partial charge in [0.1, 0.15) is 5.82 Å². The fourth-order valence-corrected chi connectivity index (χ4v) is 1.22. The van der Waals surface area contributed by atoms with Crippen molar-refractivity contribution in [3.8, 4) is 0 Å². The Bertz CT molecular complexity index is 320. The zero-order valence-electron chi connectivity index (χ0n) is 8.50. The quantitative estimate of drug-likeness (QED) is 0.790. The summed E-state index contributed by atoms with van der Waals surface area (Å²) < 4.78 is 25.6. The van der Waals surface area contributed by atoms with E-state index in [0.717, 1.165) is 12.3 Å². The van der Waals surface area contributed by atoms with Crippen LogP contribution in [0.4, 0.5) is 14.6 Å². The van der Waals surface area contributed by atoms with Gasteiger partial charge in [0.2, 0.25) is 0 Å². The van der Waals surface area contributed by atoms with Crippen LogP contribution in [0.2, 0.25) is 0 Å². The molecule has 1 rings (SSSR count). The van der Waals surface area contributed by atoms with Crippen molar-refractivity contribution >= 4 is 5.82 Å². The first-order valence-corrected chi connectivity index (χ1v) is 4.82. The highest BCUT2D eigenvalue weighted by Crippen LogP contribution is 2.13. The summed E-state index contributed by atoms with van der Waals surface area (Å²) in [5.74, 6) is -1.35. The Kier molecular flexibility index (Phi) is 4.42. The lowest BCUT2D eigenvalue weighted by atomic mass is 10.2. The number of nitrogens with zero attached hydrogens (tertiary/aromatic N) is 1. The standard InChI is InChI=1S/C10H14F2N2O/c1-7(3-2-4-15)14-10-9(12)5-8(11)6-13-10/h5-7,15H,2-4H2,1H3,(H,13,14). The Labute approximate surface area is 87.2 Å². The second-order valence-electron chi connectivity index (χ2n) is 3.40. The lowest BCUT2D eigenvalue weighted by molar-refractivity contribution is 0.282. The normalized spacial score (nSPS) is 12.5. The molecule has 0 spiro atoms. The molecule has 84 valence electrons. The van der Waals surface area contributed by atoms with Crippen LogP contribution < -0.4 is 5.32 Å². The molecule has 0 saturated carbocycles. The molecule has 0 aliphatic carbocycles. The number of aliphatic hydroxyl groups is 1. The Morgan fingerprint density at radius 1 is 1.53 bits per heavy atom. The summed E-state index contributed by atoms with van der Waals surface area (Å²) in [5, 5.41) is 11.4. The fraction of sp³-hybridized carbons (Fsp3) is 0.500. The molecule has 1 aromatic heterocycles. The molecule has 1 atom stereocenters. The Morgan fingerprint density at radius 2 is 2.27 bits per heavy atom. The molecule has 2 N–H and O–H groups in total. The van der Waals surface area contributed by atoms with Gasteiger partial charge in [-0.25, -0.2) is 13.8 Å². The van der Waals surface area contributed by atoms with Crippen molar-refractivity contribution in [3.63, 3.8) is 0 Å². The average Bonchev–Trinajstić information content (AvgIpc) is 2.19. The van der Waals surface area contributed by atoms with E-state index in [9.17, 15) is 8.78 Å². The smallest absolute Gasteiger partial charge is 0.168 e. The zero-order valence-corrected chi connectivity index (χ0v) is 8.50. The number of hydrogen-bond donors (Lipinski definition) is 2. The van der Waals surface area contributed by atoms with Gasteiger partial charge in [-0.1, -0.05) is 0 Å². The van der Waals surface area contributed by atoms with E-state index < -0.39 is 11.6 Å². The van der Waals surface area contributed by atoms with Gasteiger partial charge in [0.25, 0.3) is 0 Å². The van der Waals surface area contributed by atoms with Crippen molar-refractivity contribution < 1.29 is 13.9 Å². The minimum atomic E-state index is -0.703. The molecule has 15 heavy (non-hydrogen) atoms. The fourth-order valence-electron chi connectivity index (χ4n) is 1.22. The van der Waals surface area contributed by atoms with Crippen LogP contribution >= 0.6 is 0 Å². The van der Waals surface area contributed by atoms with Crippen LogP contribution in [0.5, 0.6) is 0 Å². The summed E-state index contributed by atoms with van der Waals surface area (Å²) in [6.07, 6.45) is 2.30. The van der Waals surface area contributed by atoms with Crippen LogP contribution in [0.25, 0.3) is 0 Å². The predicted octanol–water partition coefficient (Wildman–Crippen LogP) is 1.93. The van der Waals surface area contributed by atoms with Gasteiger partial charge in [-0.15, -0.1) is 0 Å². The van der Waals surface area contributed by atoms with Crippen molar-refractivity contribution in [1.29, 1.82) is 0 Å². The molecule has 0 bridgehead atoms. The zero-order chi connectivity index (χ0) is 11.3. The van der Waals surface area contributed by atoms with E-state index in [1.54, 1.807) is 0 Å². The number of aliphatic hydroxyl groups excluding tert-OH is 1. The molecule has 0 aromatic carbocycles. The first-order chi connectivity index (χ1) is 7.13. The molecule has 0 aliphatic rings. The van der Waals surface area contributed by atoms with Gasteiger partial charge in [0.15, 0.2) is 11.6 Å². The van der Waals surface area contributed by atoms with Crippen molar-refractivity contribution in [2.75, 3.05) is 11.9 Å². The van der Waals surface area contributed by atoms with E-state index in [1.165, 1.54) is 0 Å². The number of hydrogen-bond acceptors (Lipinski definition) is 3. The van der Waals surface area contributed by atoms with Gasteiger partial charge in [0, 0.05) is 18.7 Å². The average molecular weight is 216 g/mol. The van der Waals surface area contributed by atoms with Gasteiger partial charge < -0.3 is 10.4 Å². The van der Waals surface area contributed by atoms with E-state index in [4.69, 9.17) is 5.11 Å². The molecule has 0 aliphatic heterocycles. The van der Waals surface area contributed by atoms with Crippen LogP contribution in [0.1, 0.15) is 19.8 Å². The number of aromatic nitrogens is 1.